The number of hydrogen-bond donors (Lipinski definition) is 0. The van der Waals surface area contributed by atoms with Crippen molar-refractivity contribution in [3.63, 3.8) is 0 Å². The Balaban J connectivity index is 0.000000147. The third kappa shape index (κ3) is 15.8. The summed E-state index contributed by atoms with van der Waals surface area (Å²) in [7, 11) is 0. The van der Waals surface area contributed by atoms with Crippen molar-refractivity contribution < 1.29 is 38.1 Å². The van der Waals surface area contributed by atoms with E-state index in [-0.39, 0.29) is 45.5 Å². The molecule has 430 valence electrons. The van der Waals surface area contributed by atoms with Gasteiger partial charge in [0.15, 0.2) is 0 Å². The number of ether oxygens (including phenoxy) is 4. The van der Waals surface area contributed by atoms with Crippen LogP contribution in [0, 0.1) is 97.1 Å². The van der Waals surface area contributed by atoms with E-state index < -0.39 is 0 Å². The van der Waals surface area contributed by atoms with Gasteiger partial charge in [0.05, 0.1) is 48.1 Å². The first-order valence-corrected chi connectivity index (χ1v) is 32.0. The molecule has 0 atom stereocenters. The van der Waals surface area contributed by atoms with Gasteiger partial charge in [-0.1, -0.05) is 47.0 Å². The van der Waals surface area contributed by atoms with E-state index in [0.717, 1.165) is 91.8 Å². The van der Waals surface area contributed by atoms with Crippen LogP contribution >= 0.6 is 0 Å². The molecular formula is C67H114O8. The zero-order valence-corrected chi connectivity index (χ0v) is 50.6. The summed E-state index contributed by atoms with van der Waals surface area (Å²) in [5, 5.41) is 0. The van der Waals surface area contributed by atoms with Crippen LogP contribution in [-0.4, -0.2) is 50.3 Å². The van der Waals surface area contributed by atoms with Gasteiger partial charge in [-0.2, -0.15) is 0 Å². The Kier molecular flexibility index (Phi) is 20.3. The van der Waals surface area contributed by atoms with Crippen molar-refractivity contribution in [2.45, 2.75) is 276 Å². The summed E-state index contributed by atoms with van der Waals surface area (Å²) in [6, 6.07) is 0. The molecular weight excluding hydrogens is 933 g/mol. The molecule has 0 heterocycles. The molecule has 75 heavy (non-hydrogen) atoms. The monoisotopic (exact) mass is 1050 g/mol. The minimum atomic E-state index is -0.319. The largest absolute Gasteiger partial charge is 0.465 e. The zero-order chi connectivity index (χ0) is 54.5. The van der Waals surface area contributed by atoms with Gasteiger partial charge >= 0.3 is 23.9 Å². The molecule has 0 unspecified atom stereocenters. The van der Waals surface area contributed by atoms with Crippen molar-refractivity contribution >= 4 is 23.9 Å². The summed E-state index contributed by atoms with van der Waals surface area (Å²) in [4.78, 5) is 47.9. The van der Waals surface area contributed by atoms with E-state index in [9.17, 15) is 19.2 Å². The second-order valence-electron chi connectivity index (χ2n) is 31.0. The third-order valence-electron chi connectivity index (χ3n) is 22.9. The quantitative estimate of drug-likeness (QED) is 0.0716. The molecule has 13 rings (SSSR count). The fraction of sp³-hybridized carbons (Fsp3) is 0.940. The molecule has 0 aromatic carbocycles. The van der Waals surface area contributed by atoms with E-state index in [4.69, 9.17) is 18.9 Å². The third-order valence-corrected chi connectivity index (χ3v) is 22.9. The molecule has 0 saturated heterocycles. The fourth-order valence-corrected chi connectivity index (χ4v) is 17.8. The summed E-state index contributed by atoms with van der Waals surface area (Å²) in [5.41, 5.74) is 0.250. The van der Waals surface area contributed by atoms with E-state index in [1.54, 1.807) is 0 Å². The standard InChI is InChI=1S/C19H32O2.C18H30O2.C17H28O2.C13H24O2/c1-4-18(2,3)17(20)21-7-5-6-19-11-14-8-15(12-19)10-16(9-14)13-19;1-4-17(2,3)16(19)20-6-5-18-10-13-7-14(11-18)9-15(8-13)12-18;1-4-16(2,3)15(18)19-11-17-8-12-5-13(9-17)7-14(6-12)10-17;1-4-13(2,3)12(14)15-10-11-8-6-5-7-9-11/h14-16H,4-13H2,1-3H3;13-15H,4-12H2,1-3H3;12-14H,4-11H2,1-3H3;11H,4-10H2,1-3H3. The smallest absolute Gasteiger partial charge is 0.311 e. The first kappa shape index (κ1) is 60.5. The van der Waals surface area contributed by atoms with Crippen molar-refractivity contribution in [2.75, 3.05) is 26.4 Å². The topological polar surface area (TPSA) is 105 Å². The molecule has 0 spiro atoms. The molecule has 8 heteroatoms. The van der Waals surface area contributed by atoms with Gasteiger partial charge in [0.25, 0.3) is 0 Å². The maximum Gasteiger partial charge on any atom is 0.311 e. The number of rotatable bonds is 19. The van der Waals surface area contributed by atoms with Crippen LogP contribution in [0.5, 0.6) is 0 Å². The Labute approximate surface area is 459 Å². The van der Waals surface area contributed by atoms with Gasteiger partial charge in [0.1, 0.15) is 0 Å². The van der Waals surface area contributed by atoms with Crippen LogP contribution in [0.25, 0.3) is 0 Å². The van der Waals surface area contributed by atoms with Crippen molar-refractivity contribution in [1.29, 1.82) is 0 Å². The summed E-state index contributed by atoms with van der Waals surface area (Å²) >= 11 is 0. The molecule has 8 nitrogen and oxygen atoms in total. The predicted molar refractivity (Wildman–Crippen MR) is 302 cm³/mol. The lowest BCUT2D eigenvalue weighted by molar-refractivity contribution is -0.165. The van der Waals surface area contributed by atoms with Gasteiger partial charge in [0, 0.05) is 5.41 Å². The first-order chi connectivity index (χ1) is 35.3. The second kappa shape index (κ2) is 25.1. The van der Waals surface area contributed by atoms with Gasteiger partial charge in [-0.25, -0.2) is 0 Å². The summed E-state index contributed by atoms with van der Waals surface area (Å²) in [5.74, 6) is 9.42. The van der Waals surface area contributed by atoms with E-state index in [2.05, 4.69) is 20.8 Å². The van der Waals surface area contributed by atoms with Crippen LogP contribution in [0.15, 0.2) is 0 Å². The molecule has 12 bridgehead atoms. The summed E-state index contributed by atoms with van der Waals surface area (Å²) < 4.78 is 22.3. The number of carbonyl (C=O) groups is 4. The van der Waals surface area contributed by atoms with Crippen LogP contribution in [0.3, 0.4) is 0 Å². The Bertz CT molecular complexity index is 1770. The maximum absolute atomic E-state index is 12.2. The average molecular weight is 1050 g/mol. The van der Waals surface area contributed by atoms with E-state index in [1.807, 2.05) is 62.3 Å². The first-order valence-electron chi connectivity index (χ1n) is 32.0. The van der Waals surface area contributed by atoms with Crippen molar-refractivity contribution in [3.8, 4) is 0 Å². The highest BCUT2D eigenvalue weighted by Gasteiger charge is 2.53. The van der Waals surface area contributed by atoms with Crippen molar-refractivity contribution in [1.82, 2.24) is 0 Å². The zero-order valence-electron chi connectivity index (χ0n) is 50.6. The number of hydrogen-bond acceptors (Lipinski definition) is 8. The highest BCUT2D eigenvalue weighted by molar-refractivity contribution is 5.77. The average Bonchev–Trinajstić information content (AvgIpc) is 3.35. The minimum absolute atomic E-state index is 0.00532. The van der Waals surface area contributed by atoms with Crippen molar-refractivity contribution in [3.05, 3.63) is 0 Å². The number of esters is 4. The molecule has 0 amide bonds. The van der Waals surface area contributed by atoms with E-state index in [1.165, 1.54) is 154 Å². The Morgan fingerprint density at radius 2 is 0.667 bits per heavy atom. The molecule has 13 saturated carbocycles. The van der Waals surface area contributed by atoms with Crippen LogP contribution in [0.2, 0.25) is 0 Å². The molecule has 0 aliphatic heterocycles. The Morgan fingerprint density at radius 3 is 1.01 bits per heavy atom. The Morgan fingerprint density at radius 1 is 0.373 bits per heavy atom. The lowest BCUT2D eigenvalue weighted by atomic mass is 9.48. The maximum atomic E-state index is 12.2. The normalized spacial score (nSPS) is 35.0. The minimum Gasteiger partial charge on any atom is -0.465 e. The summed E-state index contributed by atoms with van der Waals surface area (Å²) in [6.45, 7) is 26.6. The van der Waals surface area contributed by atoms with Gasteiger partial charge in [-0.15, -0.1) is 0 Å². The van der Waals surface area contributed by atoms with Gasteiger partial charge in [-0.3, -0.25) is 19.2 Å². The molecule has 13 aliphatic rings. The van der Waals surface area contributed by atoms with Gasteiger partial charge in [-0.05, 0) is 299 Å². The van der Waals surface area contributed by atoms with E-state index >= 15 is 0 Å². The lowest BCUT2D eigenvalue weighted by Crippen LogP contribution is -2.48. The summed E-state index contributed by atoms with van der Waals surface area (Å²) in [6.07, 6.45) is 39.2. The SMILES string of the molecule is CCC(C)(C)C(=O)OCC12CC3CC(CC(C3)C1)C2.CCC(C)(C)C(=O)OCC1CCCCC1.CCC(C)(C)C(=O)OCCC12CC3CC(CC(C3)C1)C2.CCC(C)(C)C(=O)OCCCC12CC3CC(CC(C3)C1)C2. The highest BCUT2D eigenvalue weighted by atomic mass is 16.5. The Hall–Kier alpha value is -2.12. The molecule has 13 aliphatic carbocycles. The fourth-order valence-electron chi connectivity index (χ4n) is 17.8. The van der Waals surface area contributed by atoms with Crippen molar-refractivity contribution in [2.24, 2.45) is 97.1 Å². The van der Waals surface area contributed by atoms with Crippen LogP contribution in [0.1, 0.15) is 276 Å². The van der Waals surface area contributed by atoms with Crippen LogP contribution in [-0.2, 0) is 38.1 Å². The molecule has 0 aromatic heterocycles. The predicted octanol–water partition coefficient (Wildman–Crippen LogP) is 17.3. The molecule has 0 N–H and O–H groups in total. The van der Waals surface area contributed by atoms with E-state index in [0.29, 0.717) is 48.6 Å². The van der Waals surface area contributed by atoms with Crippen LogP contribution in [0.4, 0.5) is 0 Å². The molecule has 0 radical (unpaired) electrons. The molecule has 0 aromatic rings. The van der Waals surface area contributed by atoms with Crippen LogP contribution < -0.4 is 0 Å². The second-order valence-corrected chi connectivity index (χ2v) is 31.0. The van der Waals surface area contributed by atoms with Gasteiger partial charge in [0.2, 0.25) is 0 Å². The molecule has 13 fully saturated rings. The highest BCUT2D eigenvalue weighted by Crippen LogP contribution is 2.63. The van der Waals surface area contributed by atoms with Gasteiger partial charge < -0.3 is 18.9 Å². The lowest BCUT2D eigenvalue weighted by Gasteiger charge is -2.57. The number of carbonyl (C=O) groups excluding carboxylic acids is 4.